The van der Waals surface area contributed by atoms with Crippen LogP contribution in [0.3, 0.4) is 0 Å². The highest BCUT2D eigenvalue weighted by Crippen LogP contribution is 2.39. The Hall–Kier alpha value is -6.22. The molecular formula is C40H34F4N2O9. The molecule has 0 unspecified atom stereocenters. The molecule has 0 N–H and O–H groups in total. The monoisotopic (exact) mass is 762 g/mol. The fourth-order valence-corrected chi connectivity index (χ4v) is 5.84. The summed E-state index contributed by atoms with van der Waals surface area (Å²) in [6.45, 7) is -0.759. The zero-order valence-electron chi connectivity index (χ0n) is 29.4. The van der Waals surface area contributed by atoms with Crippen LogP contribution >= 0.6 is 0 Å². The van der Waals surface area contributed by atoms with Gasteiger partial charge in [-0.25, -0.2) is 23.5 Å². The number of aryl methyl sites for hydroxylation is 1. The molecule has 0 bridgehead atoms. The fraction of sp³-hybridized carbons (Fsp3) is 0.250. The van der Waals surface area contributed by atoms with E-state index >= 15 is 4.39 Å². The third-order valence-corrected chi connectivity index (χ3v) is 8.59. The molecule has 1 fully saturated rings. The number of nitrogens with zero attached hydrogens (tertiary/aromatic N) is 2. The van der Waals surface area contributed by atoms with E-state index in [0.717, 1.165) is 4.68 Å². The van der Waals surface area contributed by atoms with Crippen LogP contribution in [0, 0.1) is 0 Å². The average Bonchev–Trinajstić information content (AvgIpc) is 3.51. The number of alkyl halides is 4. The van der Waals surface area contributed by atoms with Crippen LogP contribution in [0.1, 0.15) is 47.9 Å². The predicted molar refractivity (Wildman–Crippen MR) is 186 cm³/mol. The van der Waals surface area contributed by atoms with Crippen LogP contribution in [-0.4, -0.2) is 72.2 Å². The first-order chi connectivity index (χ1) is 26.4. The zero-order chi connectivity index (χ0) is 39.1. The molecule has 286 valence electrons. The molecule has 0 saturated carbocycles. The van der Waals surface area contributed by atoms with Gasteiger partial charge in [0.1, 0.15) is 18.5 Å². The number of benzene rings is 4. The van der Waals surface area contributed by atoms with Crippen LogP contribution in [0.15, 0.2) is 115 Å². The number of aromatic nitrogens is 2. The Bertz CT molecular complexity index is 2080. The zero-order valence-corrected chi connectivity index (χ0v) is 29.4. The van der Waals surface area contributed by atoms with Crippen molar-refractivity contribution in [2.45, 2.75) is 43.4 Å². The van der Waals surface area contributed by atoms with Gasteiger partial charge in [-0.3, -0.25) is 0 Å². The molecule has 11 nitrogen and oxygen atoms in total. The third kappa shape index (κ3) is 9.12. The number of carbonyl (C=O) groups is 3. The van der Waals surface area contributed by atoms with Gasteiger partial charge in [-0.2, -0.15) is 18.3 Å². The number of methoxy groups -OCH3 is 1. The van der Waals surface area contributed by atoms with Crippen LogP contribution < -0.4 is 9.47 Å². The van der Waals surface area contributed by atoms with E-state index in [9.17, 15) is 27.6 Å². The second-order valence-electron chi connectivity index (χ2n) is 12.3. The van der Waals surface area contributed by atoms with Crippen molar-refractivity contribution < 1.29 is 60.4 Å². The molecule has 6 rings (SSSR count). The fourth-order valence-electron chi connectivity index (χ4n) is 5.84. The highest BCUT2D eigenvalue weighted by molar-refractivity contribution is 5.90. The molecule has 5 atom stereocenters. The van der Waals surface area contributed by atoms with E-state index in [1.807, 2.05) is 0 Å². The predicted octanol–water partition coefficient (Wildman–Crippen LogP) is 6.79. The molecule has 0 radical (unpaired) electrons. The van der Waals surface area contributed by atoms with Gasteiger partial charge in [0.05, 0.1) is 29.4 Å². The van der Waals surface area contributed by atoms with Crippen molar-refractivity contribution in [3.05, 3.63) is 149 Å². The third-order valence-electron chi connectivity index (χ3n) is 8.59. The number of rotatable bonds is 12. The van der Waals surface area contributed by atoms with E-state index in [4.69, 9.17) is 28.4 Å². The van der Waals surface area contributed by atoms with Crippen molar-refractivity contribution in [3.8, 4) is 11.6 Å². The Labute approximate surface area is 312 Å². The highest BCUT2D eigenvalue weighted by Gasteiger charge is 2.53. The van der Waals surface area contributed by atoms with Gasteiger partial charge >= 0.3 is 24.1 Å². The lowest BCUT2D eigenvalue weighted by Gasteiger charge is -2.42. The molecule has 5 aromatic rings. The Balaban J connectivity index is 1.41. The number of esters is 3. The minimum absolute atomic E-state index is 0.0158. The van der Waals surface area contributed by atoms with Crippen molar-refractivity contribution in [2.24, 2.45) is 7.05 Å². The Morgan fingerprint density at radius 1 is 0.745 bits per heavy atom. The Kier molecular flexibility index (Phi) is 11.8. The minimum atomic E-state index is -4.94. The lowest BCUT2D eigenvalue weighted by Crippen LogP contribution is -2.61. The lowest BCUT2D eigenvalue weighted by molar-refractivity contribution is -0.265. The second kappa shape index (κ2) is 16.8. The van der Waals surface area contributed by atoms with Crippen LogP contribution in [0.25, 0.3) is 0 Å². The van der Waals surface area contributed by atoms with Crippen LogP contribution in [0.4, 0.5) is 17.6 Å². The SMILES string of the molecule is COc1ccc(Cc2c(C(F)(F)F)nn(C)c2O[C@@H]2O[C@H](COC(=O)c3ccccc3)[C@@H](F)[C@H](OC(=O)c3ccccc3)[C@H]2OC(=O)c2ccccc2)cc1. The topological polar surface area (TPSA) is 124 Å². The van der Waals surface area contributed by atoms with Gasteiger partial charge in [-0.05, 0) is 54.1 Å². The van der Waals surface area contributed by atoms with Crippen molar-refractivity contribution >= 4 is 17.9 Å². The molecule has 4 aromatic carbocycles. The summed E-state index contributed by atoms with van der Waals surface area (Å²) in [5.74, 6) is -2.87. The summed E-state index contributed by atoms with van der Waals surface area (Å²) in [7, 11) is 2.64. The number of halogens is 4. The number of carbonyl (C=O) groups excluding carboxylic acids is 3. The van der Waals surface area contributed by atoms with Gasteiger partial charge in [0, 0.05) is 13.5 Å². The van der Waals surface area contributed by atoms with Gasteiger partial charge in [-0.1, -0.05) is 66.7 Å². The second-order valence-corrected chi connectivity index (χ2v) is 12.3. The summed E-state index contributed by atoms with van der Waals surface area (Å²) in [6.07, 6.45) is -15.2. The standard InChI is InChI=1S/C40H34F4N2O9/c1-46-35(29(34(45-46)40(42,43)44)22-24-18-20-28(50-2)21-19-24)55-39-33(54-38(49)27-16-10-5-11-17-27)32(53-37(48)26-14-8-4-9-15-26)31(41)30(52-39)23-51-36(47)25-12-6-3-7-13-25/h3-21,30-33,39H,22-23H2,1-2H3/t30-,31-,32+,33-,39+/m1/s1. The maximum absolute atomic E-state index is 16.7. The summed E-state index contributed by atoms with van der Waals surface area (Å²) in [6, 6.07) is 29.1. The van der Waals surface area contributed by atoms with Crippen LogP contribution in [0.2, 0.25) is 0 Å². The molecule has 55 heavy (non-hydrogen) atoms. The molecule has 1 aliphatic rings. The molecule has 1 aromatic heterocycles. The maximum Gasteiger partial charge on any atom is 0.435 e. The van der Waals surface area contributed by atoms with Crippen LogP contribution in [0.5, 0.6) is 11.6 Å². The van der Waals surface area contributed by atoms with Gasteiger partial charge in [0.25, 0.3) is 0 Å². The lowest BCUT2D eigenvalue weighted by atomic mass is 9.99. The molecule has 2 heterocycles. The molecule has 1 saturated heterocycles. The van der Waals surface area contributed by atoms with E-state index in [0.29, 0.717) is 11.3 Å². The number of hydrogen-bond acceptors (Lipinski definition) is 10. The number of hydrogen-bond donors (Lipinski definition) is 0. The van der Waals surface area contributed by atoms with Gasteiger partial charge in [0.15, 0.2) is 18.0 Å². The van der Waals surface area contributed by atoms with Crippen molar-refractivity contribution in [1.29, 1.82) is 0 Å². The summed E-state index contributed by atoms with van der Waals surface area (Å²) < 4.78 is 95.0. The van der Waals surface area contributed by atoms with E-state index < -0.39 is 78.6 Å². The molecule has 15 heteroatoms. The van der Waals surface area contributed by atoms with Gasteiger partial charge < -0.3 is 28.4 Å². The van der Waals surface area contributed by atoms with Crippen LogP contribution in [-0.2, 0) is 38.6 Å². The smallest absolute Gasteiger partial charge is 0.435 e. The minimum Gasteiger partial charge on any atom is -0.497 e. The largest absolute Gasteiger partial charge is 0.497 e. The average molecular weight is 763 g/mol. The first-order valence-electron chi connectivity index (χ1n) is 16.9. The molecule has 0 aliphatic carbocycles. The van der Waals surface area contributed by atoms with E-state index in [2.05, 4.69) is 5.10 Å². The van der Waals surface area contributed by atoms with Crippen molar-refractivity contribution in [1.82, 2.24) is 9.78 Å². The molecule has 1 aliphatic heterocycles. The van der Waals surface area contributed by atoms with E-state index in [1.165, 1.54) is 50.6 Å². The van der Waals surface area contributed by atoms with Gasteiger partial charge in [0.2, 0.25) is 18.3 Å². The highest BCUT2D eigenvalue weighted by atomic mass is 19.4. The number of ether oxygens (including phenoxy) is 6. The Morgan fingerprint density at radius 2 is 1.25 bits per heavy atom. The summed E-state index contributed by atoms with van der Waals surface area (Å²) in [5.41, 5.74) is -1.11. The molecule has 0 spiro atoms. The quantitative estimate of drug-likeness (QED) is 0.0763. The maximum atomic E-state index is 16.7. The first kappa shape index (κ1) is 38.5. The molecular weight excluding hydrogens is 728 g/mol. The summed E-state index contributed by atoms with van der Waals surface area (Å²) >= 11 is 0. The normalized spacial score (nSPS) is 19.6. The first-order valence-corrected chi connectivity index (χ1v) is 16.9. The Morgan fingerprint density at radius 3 is 1.76 bits per heavy atom. The summed E-state index contributed by atoms with van der Waals surface area (Å²) in [4.78, 5) is 39.8. The van der Waals surface area contributed by atoms with E-state index in [-0.39, 0.29) is 23.1 Å². The summed E-state index contributed by atoms with van der Waals surface area (Å²) in [5, 5.41) is 3.69. The van der Waals surface area contributed by atoms with Crippen molar-refractivity contribution in [3.63, 3.8) is 0 Å². The van der Waals surface area contributed by atoms with E-state index in [1.54, 1.807) is 78.9 Å². The van der Waals surface area contributed by atoms with Crippen molar-refractivity contribution in [2.75, 3.05) is 13.7 Å². The molecule has 0 amide bonds. The van der Waals surface area contributed by atoms with Gasteiger partial charge in [-0.15, -0.1) is 0 Å².